The van der Waals surface area contributed by atoms with E-state index in [-0.39, 0.29) is 11.4 Å². The minimum Gasteiger partial charge on any atom is -0.494 e. The predicted octanol–water partition coefficient (Wildman–Crippen LogP) is 2.21. The van der Waals surface area contributed by atoms with E-state index in [0.717, 1.165) is 58.0 Å². The number of quaternary nitrogens is 1. The van der Waals surface area contributed by atoms with Crippen LogP contribution in [0.2, 0.25) is 0 Å². The lowest BCUT2D eigenvalue weighted by molar-refractivity contribution is -0.960. The van der Waals surface area contributed by atoms with Gasteiger partial charge >= 0.3 is 0 Å². The SMILES string of the molecule is CCCCOc1ccc(C(=O)NCC2([NH+]3CCOCC3)CCCCC2)cc1. The summed E-state index contributed by atoms with van der Waals surface area (Å²) >= 11 is 0. The van der Waals surface area contributed by atoms with E-state index in [4.69, 9.17) is 9.47 Å². The zero-order valence-corrected chi connectivity index (χ0v) is 16.7. The van der Waals surface area contributed by atoms with E-state index in [1.807, 2.05) is 24.3 Å². The van der Waals surface area contributed by atoms with Crippen LogP contribution < -0.4 is 15.0 Å². The van der Waals surface area contributed by atoms with Gasteiger partial charge in [-0.15, -0.1) is 0 Å². The Hall–Kier alpha value is -1.59. The van der Waals surface area contributed by atoms with E-state index in [0.29, 0.717) is 5.56 Å². The molecular formula is C22H35N2O3+. The van der Waals surface area contributed by atoms with Gasteiger partial charge in [0.05, 0.1) is 26.4 Å². The summed E-state index contributed by atoms with van der Waals surface area (Å²) in [6, 6.07) is 7.53. The van der Waals surface area contributed by atoms with Crippen LogP contribution in [-0.2, 0) is 4.74 Å². The van der Waals surface area contributed by atoms with Crippen molar-refractivity contribution in [3.8, 4) is 5.75 Å². The number of ether oxygens (including phenoxy) is 2. The number of rotatable bonds is 8. The number of amides is 1. The summed E-state index contributed by atoms with van der Waals surface area (Å²) in [5.74, 6) is 0.856. The molecule has 1 saturated heterocycles. The van der Waals surface area contributed by atoms with E-state index in [1.54, 1.807) is 4.90 Å². The lowest BCUT2D eigenvalue weighted by Gasteiger charge is -2.45. The van der Waals surface area contributed by atoms with Crippen LogP contribution >= 0.6 is 0 Å². The van der Waals surface area contributed by atoms with Gasteiger partial charge in [0.2, 0.25) is 0 Å². The molecule has 2 fully saturated rings. The minimum atomic E-state index is 0.0210. The van der Waals surface area contributed by atoms with Gasteiger partial charge in [0.15, 0.2) is 0 Å². The molecule has 1 amide bonds. The van der Waals surface area contributed by atoms with Gasteiger partial charge in [0.1, 0.15) is 24.4 Å². The summed E-state index contributed by atoms with van der Waals surface area (Å²) in [6.45, 7) is 7.42. The topological polar surface area (TPSA) is 52.0 Å². The van der Waals surface area contributed by atoms with Crippen LogP contribution in [0.15, 0.2) is 24.3 Å². The Bertz CT molecular complexity index is 576. The van der Waals surface area contributed by atoms with E-state index >= 15 is 0 Å². The molecule has 1 heterocycles. The maximum Gasteiger partial charge on any atom is 0.251 e. The number of morpholine rings is 1. The van der Waals surface area contributed by atoms with Crippen LogP contribution in [0.5, 0.6) is 5.75 Å². The van der Waals surface area contributed by atoms with Gasteiger partial charge in [-0.2, -0.15) is 0 Å². The molecule has 1 saturated carbocycles. The fourth-order valence-corrected chi connectivity index (χ4v) is 4.42. The highest BCUT2D eigenvalue weighted by atomic mass is 16.5. The third-order valence-corrected chi connectivity index (χ3v) is 6.13. The van der Waals surface area contributed by atoms with Crippen molar-refractivity contribution in [3.63, 3.8) is 0 Å². The maximum atomic E-state index is 12.7. The number of benzene rings is 1. The molecule has 0 aromatic heterocycles. The molecular weight excluding hydrogens is 340 g/mol. The Morgan fingerprint density at radius 2 is 1.85 bits per heavy atom. The van der Waals surface area contributed by atoms with Gasteiger partial charge in [-0.1, -0.05) is 19.8 Å². The lowest BCUT2D eigenvalue weighted by atomic mass is 9.79. The van der Waals surface area contributed by atoms with Crippen LogP contribution in [0, 0.1) is 0 Å². The zero-order chi connectivity index (χ0) is 19.0. The highest BCUT2D eigenvalue weighted by molar-refractivity contribution is 5.94. The van der Waals surface area contributed by atoms with Crippen LogP contribution in [0.1, 0.15) is 62.2 Å². The first kappa shape index (κ1) is 20.2. The predicted molar refractivity (Wildman–Crippen MR) is 107 cm³/mol. The molecule has 2 N–H and O–H groups in total. The molecule has 0 radical (unpaired) electrons. The molecule has 1 aliphatic heterocycles. The normalized spacial score (nSPS) is 20.2. The highest BCUT2D eigenvalue weighted by Crippen LogP contribution is 2.25. The molecule has 1 aromatic rings. The fraction of sp³-hybridized carbons (Fsp3) is 0.682. The summed E-state index contributed by atoms with van der Waals surface area (Å²) in [7, 11) is 0. The third kappa shape index (κ3) is 5.45. The lowest BCUT2D eigenvalue weighted by Crippen LogP contribution is -3.23. The highest BCUT2D eigenvalue weighted by Gasteiger charge is 2.42. The van der Waals surface area contributed by atoms with Gasteiger partial charge in [0, 0.05) is 18.4 Å². The van der Waals surface area contributed by atoms with Crippen LogP contribution in [0.25, 0.3) is 0 Å². The number of carbonyl (C=O) groups excluding carboxylic acids is 1. The second-order valence-corrected chi connectivity index (χ2v) is 7.97. The standard InChI is InChI=1S/C22H34N2O3/c1-2-3-15-27-20-9-7-19(8-10-20)21(25)23-18-22(11-5-4-6-12-22)24-13-16-26-17-14-24/h7-10H,2-6,11-18H2,1H3,(H,23,25)/p+1. The van der Waals surface area contributed by atoms with Gasteiger partial charge in [-0.3, -0.25) is 4.79 Å². The monoisotopic (exact) mass is 375 g/mol. The van der Waals surface area contributed by atoms with Crippen molar-refractivity contribution in [3.05, 3.63) is 29.8 Å². The van der Waals surface area contributed by atoms with Crippen molar-refractivity contribution in [2.45, 2.75) is 57.4 Å². The maximum absolute atomic E-state index is 12.7. The van der Waals surface area contributed by atoms with Crippen molar-refractivity contribution in [1.82, 2.24) is 5.32 Å². The van der Waals surface area contributed by atoms with Crippen molar-refractivity contribution in [2.75, 3.05) is 39.5 Å². The average Bonchev–Trinajstić information content (AvgIpc) is 2.74. The molecule has 27 heavy (non-hydrogen) atoms. The largest absolute Gasteiger partial charge is 0.494 e. The summed E-state index contributed by atoms with van der Waals surface area (Å²) in [5.41, 5.74) is 0.890. The van der Waals surface area contributed by atoms with Gasteiger partial charge in [-0.05, 0) is 43.5 Å². The van der Waals surface area contributed by atoms with E-state index in [9.17, 15) is 4.79 Å². The first-order valence-corrected chi connectivity index (χ1v) is 10.7. The van der Waals surface area contributed by atoms with Gasteiger partial charge in [-0.25, -0.2) is 0 Å². The smallest absolute Gasteiger partial charge is 0.251 e. The Kier molecular flexibility index (Phi) is 7.53. The number of hydrogen-bond donors (Lipinski definition) is 2. The molecule has 5 nitrogen and oxygen atoms in total. The molecule has 1 aromatic carbocycles. The minimum absolute atomic E-state index is 0.0210. The summed E-state index contributed by atoms with van der Waals surface area (Å²) < 4.78 is 11.2. The fourth-order valence-electron chi connectivity index (χ4n) is 4.42. The molecule has 2 aliphatic rings. The van der Waals surface area contributed by atoms with Crippen molar-refractivity contribution in [2.24, 2.45) is 0 Å². The Balaban J connectivity index is 1.57. The van der Waals surface area contributed by atoms with E-state index in [2.05, 4.69) is 12.2 Å². The molecule has 0 atom stereocenters. The van der Waals surface area contributed by atoms with Crippen molar-refractivity contribution < 1.29 is 19.2 Å². The van der Waals surface area contributed by atoms with Crippen LogP contribution in [0.3, 0.4) is 0 Å². The Morgan fingerprint density at radius 1 is 1.15 bits per heavy atom. The number of unbranched alkanes of at least 4 members (excludes halogenated alkanes) is 1. The number of hydrogen-bond acceptors (Lipinski definition) is 3. The van der Waals surface area contributed by atoms with E-state index < -0.39 is 0 Å². The van der Waals surface area contributed by atoms with Crippen LogP contribution in [0.4, 0.5) is 0 Å². The first-order valence-electron chi connectivity index (χ1n) is 10.7. The quantitative estimate of drug-likeness (QED) is 0.685. The Morgan fingerprint density at radius 3 is 2.52 bits per heavy atom. The zero-order valence-electron chi connectivity index (χ0n) is 16.7. The molecule has 0 bridgehead atoms. The van der Waals surface area contributed by atoms with E-state index in [1.165, 1.54) is 32.1 Å². The van der Waals surface area contributed by atoms with Crippen molar-refractivity contribution >= 4 is 5.91 Å². The second kappa shape index (κ2) is 10.1. The number of nitrogens with one attached hydrogen (secondary N) is 2. The first-order chi connectivity index (χ1) is 13.2. The van der Waals surface area contributed by atoms with Crippen molar-refractivity contribution in [1.29, 1.82) is 0 Å². The van der Waals surface area contributed by atoms with Gasteiger partial charge < -0.3 is 19.7 Å². The molecule has 0 spiro atoms. The molecule has 5 heteroatoms. The molecule has 0 unspecified atom stereocenters. The second-order valence-electron chi connectivity index (χ2n) is 7.97. The Labute approximate surface area is 163 Å². The molecule has 3 rings (SSSR count). The van der Waals surface area contributed by atoms with Crippen LogP contribution in [-0.4, -0.2) is 50.9 Å². The average molecular weight is 376 g/mol. The third-order valence-electron chi connectivity index (χ3n) is 6.13. The summed E-state index contributed by atoms with van der Waals surface area (Å²) in [4.78, 5) is 14.3. The summed E-state index contributed by atoms with van der Waals surface area (Å²) in [6.07, 6.45) is 8.42. The molecule has 150 valence electrons. The molecule has 1 aliphatic carbocycles. The number of carbonyl (C=O) groups is 1. The van der Waals surface area contributed by atoms with Gasteiger partial charge in [0.25, 0.3) is 5.91 Å². The summed E-state index contributed by atoms with van der Waals surface area (Å²) in [5, 5.41) is 3.24.